The zero-order chi connectivity index (χ0) is 10.1. The predicted molar refractivity (Wildman–Crippen MR) is 51.5 cm³/mol. The van der Waals surface area contributed by atoms with Crippen molar-refractivity contribution in [3.05, 3.63) is 35.4 Å². The highest BCUT2D eigenvalue weighted by molar-refractivity contribution is 6.29. The maximum absolute atomic E-state index is 10.5. The standard InChI is InChI=1S/C9H7ClN2O2/c10-7-3-1-2-6-5-11-8(12(6)7)4-9(13)14/h1-3,5H,4H2,(H,13,14). The van der Waals surface area contributed by atoms with Crippen molar-refractivity contribution < 1.29 is 9.90 Å². The minimum Gasteiger partial charge on any atom is -0.481 e. The minimum absolute atomic E-state index is 0.127. The number of hydrogen-bond acceptors (Lipinski definition) is 2. The topological polar surface area (TPSA) is 54.6 Å². The first kappa shape index (κ1) is 9.02. The molecule has 0 aromatic carbocycles. The van der Waals surface area contributed by atoms with Gasteiger partial charge in [-0.15, -0.1) is 0 Å². The second-order valence-corrected chi connectivity index (χ2v) is 3.24. The quantitative estimate of drug-likeness (QED) is 0.767. The van der Waals surface area contributed by atoms with Gasteiger partial charge in [0, 0.05) is 0 Å². The molecule has 1 N–H and O–H groups in total. The number of halogens is 1. The summed E-state index contributed by atoms with van der Waals surface area (Å²) in [7, 11) is 0. The van der Waals surface area contributed by atoms with Gasteiger partial charge in [0.15, 0.2) is 0 Å². The zero-order valence-corrected chi connectivity index (χ0v) is 7.90. The van der Waals surface area contributed by atoms with Gasteiger partial charge in [-0.3, -0.25) is 9.20 Å². The number of imidazole rings is 1. The molecule has 0 amide bonds. The third kappa shape index (κ3) is 1.44. The molecular formula is C9H7ClN2O2. The summed E-state index contributed by atoms with van der Waals surface area (Å²) in [4.78, 5) is 14.5. The lowest BCUT2D eigenvalue weighted by atomic mass is 10.4. The summed E-state index contributed by atoms with van der Waals surface area (Å²) >= 11 is 5.92. The molecule has 2 rings (SSSR count). The van der Waals surface area contributed by atoms with Crippen molar-refractivity contribution >= 4 is 23.1 Å². The fourth-order valence-corrected chi connectivity index (χ4v) is 1.60. The van der Waals surface area contributed by atoms with E-state index in [2.05, 4.69) is 4.98 Å². The third-order valence-corrected chi connectivity index (χ3v) is 2.18. The first-order valence-corrected chi connectivity index (χ1v) is 4.39. The monoisotopic (exact) mass is 210 g/mol. The first-order chi connectivity index (χ1) is 6.68. The van der Waals surface area contributed by atoms with E-state index in [1.807, 2.05) is 6.07 Å². The molecule has 5 heteroatoms. The van der Waals surface area contributed by atoms with E-state index >= 15 is 0 Å². The Kier molecular flexibility index (Phi) is 2.13. The van der Waals surface area contributed by atoms with Crippen molar-refractivity contribution in [1.29, 1.82) is 0 Å². The van der Waals surface area contributed by atoms with Crippen LogP contribution in [0, 0.1) is 0 Å². The molecule has 2 aromatic heterocycles. The first-order valence-electron chi connectivity index (χ1n) is 4.01. The van der Waals surface area contributed by atoms with Crippen molar-refractivity contribution in [3.8, 4) is 0 Å². The van der Waals surface area contributed by atoms with Crippen LogP contribution in [0.1, 0.15) is 5.82 Å². The molecule has 0 aliphatic heterocycles. The van der Waals surface area contributed by atoms with Gasteiger partial charge in [0.2, 0.25) is 0 Å². The zero-order valence-electron chi connectivity index (χ0n) is 7.14. The summed E-state index contributed by atoms with van der Waals surface area (Å²) in [5.41, 5.74) is 0.800. The summed E-state index contributed by atoms with van der Waals surface area (Å²) in [5.74, 6) is -0.476. The van der Waals surface area contributed by atoms with Crippen molar-refractivity contribution in [2.75, 3.05) is 0 Å². The van der Waals surface area contributed by atoms with Crippen LogP contribution in [0.3, 0.4) is 0 Å². The van der Waals surface area contributed by atoms with E-state index in [0.717, 1.165) is 5.52 Å². The molecule has 2 aromatic rings. The predicted octanol–water partition coefficient (Wildman–Crippen LogP) is 1.61. The molecule has 0 spiro atoms. The van der Waals surface area contributed by atoms with Crippen LogP contribution in [0.2, 0.25) is 5.15 Å². The van der Waals surface area contributed by atoms with Crippen molar-refractivity contribution in [2.45, 2.75) is 6.42 Å². The van der Waals surface area contributed by atoms with Gasteiger partial charge >= 0.3 is 5.97 Å². The molecule has 0 aliphatic carbocycles. The lowest BCUT2D eigenvalue weighted by Crippen LogP contribution is -2.05. The van der Waals surface area contributed by atoms with Gasteiger partial charge < -0.3 is 5.11 Å². The number of nitrogens with zero attached hydrogens (tertiary/aromatic N) is 2. The molecule has 2 heterocycles. The third-order valence-electron chi connectivity index (χ3n) is 1.89. The van der Waals surface area contributed by atoms with Crippen LogP contribution in [-0.2, 0) is 11.2 Å². The Hall–Kier alpha value is -1.55. The number of aromatic nitrogens is 2. The molecule has 14 heavy (non-hydrogen) atoms. The Labute approximate surface area is 84.8 Å². The summed E-state index contributed by atoms with van der Waals surface area (Å²) in [6, 6.07) is 5.32. The maximum Gasteiger partial charge on any atom is 0.311 e. The molecule has 0 saturated heterocycles. The average molecular weight is 211 g/mol. The number of fused-ring (bicyclic) bond motifs is 1. The Balaban J connectivity index is 2.61. The van der Waals surface area contributed by atoms with E-state index in [1.165, 1.54) is 0 Å². The second kappa shape index (κ2) is 3.31. The summed E-state index contributed by atoms with van der Waals surface area (Å²) in [6.07, 6.45) is 1.47. The molecule has 0 atom stereocenters. The van der Waals surface area contributed by atoms with Gasteiger partial charge in [-0.1, -0.05) is 17.7 Å². The van der Waals surface area contributed by atoms with Crippen molar-refractivity contribution in [3.63, 3.8) is 0 Å². The molecule has 72 valence electrons. The fourth-order valence-electron chi connectivity index (χ4n) is 1.33. The molecule has 0 radical (unpaired) electrons. The Morgan fingerprint density at radius 2 is 2.36 bits per heavy atom. The normalized spacial score (nSPS) is 10.6. The van der Waals surface area contributed by atoms with E-state index < -0.39 is 5.97 Å². The van der Waals surface area contributed by atoms with Crippen molar-refractivity contribution in [1.82, 2.24) is 9.38 Å². The number of rotatable bonds is 2. The number of carboxylic acids is 1. The molecule has 0 unspecified atom stereocenters. The molecule has 0 bridgehead atoms. The largest absolute Gasteiger partial charge is 0.481 e. The summed E-state index contributed by atoms with van der Waals surface area (Å²) in [5, 5.41) is 9.11. The van der Waals surface area contributed by atoms with Gasteiger partial charge in [-0.2, -0.15) is 0 Å². The van der Waals surface area contributed by atoms with Crippen LogP contribution in [0.4, 0.5) is 0 Å². The van der Waals surface area contributed by atoms with Gasteiger partial charge in [0.25, 0.3) is 0 Å². The van der Waals surface area contributed by atoms with Crippen LogP contribution in [-0.4, -0.2) is 20.5 Å². The highest BCUT2D eigenvalue weighted by atomic mass is 35.5. The van der Waals surface area contributed by atoms with Crippen LogP contribution in [0.25, 0.3) is 5.52 Å². The Bertz CT molecular complexity index is 493. The minimum atomic E-state index is -0.919. The number of aliphatic carboxylic acids is 1. The van der Waals surface area contributed by atoms with Gasteiger partial charge in [0.1, 0.15) is 17.4 Å². The lowest BCUT2D eigenvalue weighted by molar-refractivity contribution is -0.136. The lowest BCUT2D eigenvalue weighted by Gasteiger charge is -2.00. The van der Waals surface area contributed by atoms with E-state index in [-0.39, 0.29) is 6.42 Å². The van der Waals surface area contributed by atoms with E-state index in [1.54, 1.807) is 22.7 Å². The molecular weight excluding hydrogens is 204 g/mol. The Morgan fingerprint density at radius 3 is 3.07 bits per heavy atom. The number of carboxylic acid groups (broad SMARTS) is 1. The van der Waals surface area contributed by atoms with Crippen LogP contribution in [0.15, 0.2) is 24.4 Å². The van der Waals surface area contributed by atoms with Crippen LogP contribution < -0.4 is 0 Å². The maximum atomic E-state index is 10.5. The fraction of sp³-hybridized carbons (Fsp3) is 0.111. The highest BCUT2D eigenvalue weighted by Gasteiger charge is 2.09. The molecule has 0 aliphatic rings. The molecule has 4 nitrogen and oxygen atoms in total. The van der Waals surface area contributed by atoms with Gasteiger partial charge in [-0.25, -0.2) is 4.98 Å². The SMILES string of the molecule is O=C(O)Cc1ncc2cccc(Cl)n12. The molecule has 0 saturated carbocycles. The molecule has 0 fully saturated rings. The number of hydrogen-bond donors (Lipinski definition) is 1. The summed E-state index contributed by atoms with van der Waals surface area (Å²) in [6.45, 7) is 0. The van der Waals surface area contributed by atoms with Crippen LogP contribution in [0.5, 0.6) is 0 Å². The van der Waals surface area contributed by atoms with Gasteiger partial charge in [0.05, 0.1) is 11.7 Å². The summed E-state index contributed by atoms with van der Waals surface area (Å²) < 4.78 is 1.62. The van der Waals surface area contributed by atoms with E-state index in [4.69, 9.17) is 16.7 Å². The second-order valence-electron chi connectivity index (χ2n) is 2.85. The van der Waals surface area contributed by atoms with E-state index in [9.17, 15) is 4.79 Å². The Morgan fingerprint density at radius 1 is 1.57 bits per heavy atom. The van der Waals surface area contributed by atoms with E-state index in [0.29, 0.717) is 11.0 Å². The number of pyridine rings is 1. The van der Waals surface area contributed by atoms with Crippen molar-refractivity contribution in [2.24, 2.45) is 0 Å². The average Bonchev–Trinajstić information content (AvgIpc) is 2.49. The highest BCUT2D eigenvalue weighted by Crippen LogP contribution is 2.15. The number of carbonyl (C=O) groups is 1. The smallest absolute Gasteiger partial charge is 0.311 e. The van der Waals surface area contributed by atoms with Gasteiger partial charge in [-0.05, 0) is 12.1 Å². The van der Waals surface area contributed by atoms with Crippen LogP contribution >= 0.6 is 11.6 Å².